The van der Waals surface area contributed by atoms with Crippen molar-refractivity contribution in [3.63, 3.8) is 0 Å². The van der Waals surface area contributed by atoms with E-state index in [1.807, 2.05) is 84.7 Å². The standard InChI is InChI=1S/C21H21N3O/c1-3-24(2)16-22-21-15-9-13-19(23-21)18-12-7-8-14-20(18)25-17-10-5-4-6-11-17/h4-16H,3H2,1-2H3. The molecule has 126 valence electrons. The van der Waals surface area contributed by atoms with Crippen LogP contribution in [-0.2, 0) is 0 Å². The average molecular weight is 331 g/mol. The van der Waals surface area contributed by atoms with Crippen LogP contribution in [0, 0.1) is 0 Å². The van der Waals surface area contributed by atoms with Gasteiger partial charge in [-0.2, -0.15) is 0 Å². The number of nitrogens with zero attached hydrogens (tertiary/aromatic N) is 3. The molecule has 0 aliphatic rings. The van der Waals surface area contributed by atoms with Crippen molar-refractivity contribution >= 4 is 12.2 Å². The van der Waals surface area contributed by atoms with E-state index in [4.69, 9.17) is 4.74 Å². The molecule has 0 atom stereocenters. The van der Waals surface area contributed by atoms with Gasteiger partial charge in [0.1, 0.15) is 11.5 Å². The zero-order chi connectivity index (χ0) is 17.5. The molecule has 0 fully saturated rings. The Labute approximate surface area is 148 Å². The maximum Gasteiger partial charge on any atom is 0.154 e. The predicted octanol–water partition coefficient (Wildman–Crippen LogP) is 5.15. The summed E-state index contributed by atoms with van der Waals surface area (Å²) < 4.78 is 6.03. The Bertz CT molecular complexity index is 847. The van der Waals surface area contributed by atoms with Crippen molar-refractivity contribution in [1.82, 2.24) is 9.88 Å². The molecule has 4 heteroatoms. The van der Waals surface area contributed by atoms with Crippen molar-refractivity contribution in [2.24, 2.45) is 4.99 Å². The summed E-state index contributed by atoms with van der Waals surface area (Å²) >= 11 is 0. The summed E-state index contributed by atoms with van der Waals surface area (Å²) in [6, 6.07) is 23.5. The molecular formula is C21H21N3O. The Morgan fingerprint density at radius 2 is 1.72 bits per heavy atom. The molecule has 0 bridgehead atoms. The van der Waals surface area contributed by atoms with Crippen molar-refractivity contribution in [3.8, 4) is 22.8 Å². The van der Waals surface area contributed by atoms with Gasteiger partial charge in [0.05, 0.1) is 12.0 Å². The van der Waals surface area contributed by atoms with E-state index in [0.29, 0.717) is 5.82 Å². The molecule has 0 N–H and O–H groups in total. The van der Waals surface area contributed by atoms with Crippen LogP contribution >= 0.6 is 0 Å². The molecule has 0 amide bonds. The van der Waals surface area contributed by atoms with Gasteiger partial charge in [-0.3, -0.25) is 0 Å². The summed E-state index contributed by atoms with van der Waals surface area (Å²) in [4.78, 5) is 11.1. The predicted molar refractivity (Wildman–Crippen MR) is 103 cm³/mol. The largest absolute Gasteiger partial charge is 0.457 e. The van der Waals surface area contributed by atoms with Gasteiger partial charge < -0.3 is 9.64 Å². The highest BCUT2D eigenvalue weighted by atomic mass is 16.5. The Balaban J connectivity index is 1.91. The molecule has 0 saturated heterocycles. The number of aliphatic imine (C=N–C) groups is 1. The summed E-state index contributed by atoms with van der Waals surface area (Å²) in [5.41, 5.74) is 1.77. The van der Waals surface area contributed by atoms with Crippen LogP contribution in [0.3, 0.4) is 0 Å². The van der Waals surface area contributed by atoms with E-state index in [1.54, 1.807) is 6.34 Å². The SMILES string of the molecule is CCN(C)C=Nc1cccc(-c2ccccc2Oc2ccccc2)n1. The Morgan fingerprint density at radius 3 is 2.52 bits per heavy atom. The van der Waals surface area contributed by atoms with Crippen LogP contribution in [0.5, 0.6) is 11.5 Å². The normalized spacial score (nSPS) is 10.8. The maximum absolute atomic E-state index is 6.03. The highest BCUT2D eigenvalue weighted by Gasteiger charge is 2.08. The third-order valence-corrected chi connectivity index (χ3v) is 3.75. The topological polar surface area (TPSA) is 37.7 Å². The first-order valence-electron chi connectivity index (χ1n) is 8.30. The quantitative estimate of drug-likeness (QED) is 0.463. The smallest absolute Gasteiger partial charge is 0.154 e. The van der Waals surface area contributed by atoms with E-state index in [9.17, 15) is 0 Å². The summed E-state index contributed by atoms with van der Waals surface area (Å²) in [7, 11) is 1.98. The maximum atomic E-state index is 6.03. The number of hydrogen-bond acceptors (Lipinski definition) is 3. The molecule has 1 aromatic heterocycles. The first-order chi connectivity index (χ1) is 12.3. The first kappa shape index (κ1) is 16.7. The third kappa shape index (κ3) is 4.44. The summed E-state index contributed by atoms with van der Waals surface area (Å²) in [5.74, 6) is 2.24. The van der Waals surface area contributed by atoms with Crippen molar-refractivity contribution in [2.75, 3.05) is 13.6 Å². The molecule has 3 aromatic rings. The Morgan fingerprint density at radius 1 is 0.960 bits per heavy atom. The molecule has 0 saturated carbocycles. The lowest BCUT2D eigenvalue weighted by Crippen LogP contribution is -2.14. The average Bonchev–Trinajstić information content (AvgIpc) is 2.67. The van der Waals surface area contributed by atoms with Crippen molar-refractivity contribution in [3.05, 3.63) is 72.8 Å². The molecule has 0 aliphatic carbocycles. The summed E-state index contributed by atoms with van der Waals surface area (Å²) in [6.07, 6.45) is 1.79. The summed E-state index contributed by atoms with van der Waals surface area (Å²) in [5, 5.41) is 0. The number of aromatic nitrogens is 1. The van der Waals surface area contributed by atoms with E-state index in [-0.39, 0.29) is 0 Å². The van der Waals surface area contributed by atoms with E-state index in [2.05, 4.69) is 16.9 Å². The van der Waals surface area contributed by atoms with Crippen LogP contribution in [-0.4, -0.2) is 29.8 Å². The van der Waals surface area contributed by atoms with Gasteiger partial charge in [0.2, 0.25) is 0 Å². The van der Waals surface area contributed by atoms with Crippen LogP contribution < -0.4 is 4.74 Å². The van der Waals surface area contributed by atoms with E-state index >= 15 is 0 Å². The molecule has 1 heterocycles. The second-order valence-corrected chi connectivity index (χ2v) is 5.61. The number of hydrogen-bond donors (Lipinski definition) is 0. The number of ether oxygens (including phenoxy) is 1. The lowest BCUT2D eigenvalue weighted by atomic mass is 10.1. The minimum Gasteiger partial charge on any atom is -0.457 e. The first-order valence-corrected chi connectivity index (χ1v) is 8.30. The minimum absolute atomic E-state index is 0.673. The highest BCUT2D eigenvalue weighted by molar-refractivity contribution is 5.69. The van der Waals surface area contributed by atoms with Crippen LogP contribution in [0.1, 0.15) is 6.92 Å². The molecule has 2 aromatic carbocycles. The van der Waals surface area contributed by atoms with Gasteiger partial charge >= 0.3 is 0 Å². The van der Waals surface area contributed by atoms with Crippen LogP contribution in [0.25, 0.3) is 11.3 Å². The Kier molecular flexibility index (Phi) is 5.42. The molecule has 3 rings (SSSR count). The van der Waals surface area contributed by atoms with Gasteiger partial charge in [-0.1, -0.05) is 36.4 Å². The molecule has 0 spiro atoms. The van der Waals surface area contributed by atoms with Crippen LogP contribution in [0.4, 0.5) is 5.82 Å². The van der Waals surface area contributed by atoms with E-state index in [0.717, 1.165) is 29.3 Å². The number of rotatable bonds is 6. The fourth-order valence-corrected chi connectivity index (χ4v) is 2.27. The molecule has 0 aliphatic heterocycles. The Hall–Kier alpha value is -3.14. The third-order valence-electron chi connectivity index (χ3n) is 3.75. The van der Waals surface area contributed by atoms with Crippen LogP contribution in [0.15, 0.2) is 77.8 Å². The van der Waals surface area contributed by atoms with Gasteiger partial charge in [0.15, 0.2) is 5.82 Å². The number of para-hydroxylation sites is 2. The molecule has 0 radical (unpaired) electrons. The van der Waals surface area contributed by atoms with E-state index in [1.165, 1.54) is 0 Å². The van der Waals surface area contributed by atoms with Crippen molar-refractivity contribution in [2.45, 2.75) is 6.92 Å². The lowest BCUT2D eigenvalue weighted by molar-refractivity contribution is 0.484. The van der Waals surface area contributed by atoms with Gasteiger partial charge in [-0.25, -0.2) is 9.98 Å². The van der Waals surface area contributed by atoms with Gasteiger partial charge in [0.25, 0.3) is 0 Å². The van der Waals surface area contributed by atoms with E-state index < -0.39 is 0 Å². The molecule has 4 nitrogen and oxygen atoms in total. The van der Waals surface area contributed by atoms with Crippen molar-refractivity contribution in [1.29, 1.82) is 0 Å². The fraction of sp³-hybridized carbons (Fsp3) is 0.143. The molecule has 25 heavy (non-hydrogen) atoms. The lowest BCUT2D eigenvalue weighted by Gasteiger charge is -2.11. The van der Waals surface area contributed by atoms with Gasteiger partial charge in [0, 0.05) is 19.2 Å². The fourth-order valence-electron chi connectivity index (χ4n) is 2.27. The second-order valence-electron chi connectivity index (χ2n) is 5.61. The number of benzene rings is 2. The number of pyridine rings is 1. The van der Waals surface area contributed by atoms with Gasteiger partial charge in [-0.05, 0) is 43.3 Å². The zero-order valence-electron chi connectivity index (χ0n) is 14.5. The van der Waals surface area contributed by atoms with Crippen LogP contribution in [0.2, 0.25) is 0 Å². The zero-order valence-corrected chi connectivity index (χ0v) is 14.5. The highest BCUT2D eigenvalue weighted by Crippen LogP contribution is 2.32. The summed E-state index contributed by atoms with van der Waals surface area (Å²) in [6.45, 7) is 2.98. The molecular weight excluding hydrogens is 310 g/mol. The monoisotopic (exact) mass is 331 g/mol. The minimum atomic E-state index is 0.673. The second kappa shape index (κ2) is 8.11. The van der Waals surface area contributed by atoms with Crippen molar-refractivity contribution < 1.29 is 4.74 Å². The molecule has 0 unspecified atom stereocenters. The van der Waals surface area contributed by atoms with Gasteiger partial charge in [-0.15, -0.1) is 0 Å².